The van der Waals surface area contributed by atoms with E-state index in [2.05, 4.69) is 5.32 Å². The van der Waals surface area contributed by atoms with Crippen molar-refractivity contribution in [3.63, 3.8) is 0 Å². The number of carbonyl (C=O) groups excluding carboxylic acids is 1. The highest BCUT2D eigenvalue weighted by molar-refractivity contribution is 7.89. The van der Waals surface area contributed by atoms with Crippen molar-refractivity contribution in [2.24, 2.45) is 0 Å². The normalized spacial score (nSPS) is 19.0. The van der Waals surface area contributed by atoms with Crippen LogP contribution in [0.4, 0.5) is 26.3 Å². The van der Waals surface area contributed by atoms with Crippen LogP contribution in [0.5, 0.6) is 0 Å². The Morgan fingerprint density at radius 1 is 0.903 bits per heavy atom. The molecule has 0 radical (unpaired) electrons. The fourth-order valence-electron chi connectivity index (χ4n) is 3.27. The van der Waals surface area contributed by atoms with Crippen molar-refractivity contribution in [3.05, 3.63) is 65.2 Å². The number of nitrogens with one attached hydrogen (secondary N) is 1. The van der Waals surface area contributed by atoms with E-state index in [1.165, 1.54) is 12.1 Å². The van der Waals surface area contributed by atoms with Crippen LogP contribution in [-0.2, 0) is 27.2 Å². The highest BCUT2D eigenvalue weighted by Crippen LogP contribution is 2.39. The Kier molecular flexibility index (Phi) is 6.07. The minimum atomic E-state index is -5.19. The van der Waals surface area contributed by atoms with Gasteiger partial charge in [-0.2, -0.15) is 30.6 Å². The number of halogens is 6. The second-order valence-corrected chi connectivity index (χ2v) is 8.73. The maximum Gasteiger partial charge on any atom is 0.416 e. The summed E-state index contributed by atoms with van der Waals surface area (Å²) in [7, 11) is -4.83. The maximum absolute atomic E-state index is 13.2. The molecule has 1 heterocycles. The van der Waals surface area contributed by atoms with Crippen molar-refractivity contribution >= 4 is 15.9 Å². The molecule has 2 aromatic rings. The van der Waals surface area contributed by atoms with Crippen LogP contribution in [0.2, 0.25) is 0 Å². The molecule has 3 rings (SSSR count). The van der Waals surface area contributed by atoms with Gasteiger partial charge < -0.3 is 5.32 Å². The molecule has 1 fully saturated rings. The number of hydrogen-bond acceptors (Lipinski definition) is 3. The van der Waals surface area contributed by atoms with Gasteiger partial charge in [-0.1, -0.05) is 30.3 Å². The molecule has 0 unspecified atom stereocenters. The molecule has 0 saturated carbocycles. The van der Waals surface area contributed by atoms with Crippen LogP contribution in [-0.4, -0.2) is 31.7 Å². The van der Waals surface area contributed by atoms with Crippen molar-refractivity contribution in [2.75, 3.05) is 13.1 Å². The van der Waals surface area contributed by atoms with E-state index in [0.29, 0.717) is 5.56 Å². The first-order valence-corrected chi connectivity index (χ1v) is 10.4. The minimum absolute atomic E-state index is 0.138. The third-order valence-electron chi connectivity index (χ3n) is 4.73. The lowest BCUT2D eigenvalue weighted by molar-refractivity contribution is -0.143. The Balaban J connectivity index is 2.17. The SMILES string of the molecule is O=C1C[C@@H](c2ccccc2)N(S(=O)(=O)c2cc(C(F)(F)F)cc(C(F)(F)F)c2)CCN1. The van der Waals surface area contributed by atoms with Gasteiger partial charge in [0.15, 0.2) is 0 Å². The number of benzene rings is 2. The first-order valence-electron chi connectivity index (χ1n) is 8.93. The monoisotopic (exact) mass is 466 g/mol. The van der Waals surface area contributed by atoms with Gasteiger partial charge in [0, 0.05) is 19.5 Å². The summed E-state index contributed by atoms with van der Waals surface area (Å²) in [4.78, 5) is 10.9. The zero-order chi connectivity index (χ0) is 23.0. The van der Waals surface area contributed by atoms with Gasteiger partial charge in [0.2, 0.25) is 15.9 Å². The van der Waals surface area contributed by atoms with Crippen LogP contribution in [0.1, 0.15) is 29.2 Å². The predicted octanol–water partition coefficient (Wildman–Crippen LogP) is 3.98. The molecule has 5 nitrogen and oxygen atoms in total. The Morgan fingerprint density at radius 3 is 1.97 bits per heavy atom. The second kappa shape index (κ2) is 8.15. The van der Waals surface area contributed by atoms with Gasteiger partial charge in [-0.05, 0) is 23.8 Å². The average Bonchev–Trinajstić information content (AvgIpc) is 2.89. The van der Waals surface area contributed by atoms with Gasteiger partial charge >= 0.3 is 12.4 Å². The molecule has 1 atom stereocenters. The largest absolute Gasteiger partial charge is 0.416 e. The van der Waals surface area contributed by atoms with Crippen LogP contribution in [0.3, 0.4) is 0 Å². The molecule has 1 aliphatic heterocycles. The van der Waals surface area contributed by atoms with E-state index in [4.69, 9.17) is 0 Å². The Bertz CT molecular complexity index is 1040. The summed E-state index contributed by atoms with van der Waals surface area (Å²) in [5.41, 5.74) is -3.09. The molecule has 0 aliphatic carbocycles. The summed E-state index contributed by atoms with van der Waals surface area (Å²) in [6, 6.07) is 6.96. The van der Waals surface area contributed by atoms with Crippen molar-refractivity contribution in [2.45, 2.75) is 29.7 Å². The van der Waals surface area contributed by atoms with Crippen LogP contribution in [0.25, 0.3) is 0 Å². The molecule has 0 bridgehead atoms. The topological polar surface area (TPSA) is 66.5 Å². The zero-order valence-corrected chi connectivity index (χ0v) is 16.5. The lowest BCUT2D eigenvalue weighted by Gasteiger charge is -2.29. The van der Waals surface area contributed by atoms with Crippen LogP contribution in [0, 0.1) is 0 Å². The molecule has 31 heavy (non-hydrogen) atoms. The number of nitrogens with zero attached hydrogens (tertiary/aromatic N) is 1. The maximum atomic E-state index is 13.2. The van der Waals surface area contributed by atoms with E-state index in [9.17, 15) is 39.6 Å². The van der Waals surface area contributed by atoms with E-state index in [1.54, 1.807) is 18.2 Å². The van der Waals surface area contributed by atoms with E-state index in [-0.39, 0.29) is 37.7 Å². The first kappa shape index (κ1) is 23.1. The summed E-state index contributed by atoms with van der Waals surface area (Å²) in [5, 5.41) is 2.46. The van der Waals surface area contributed by atoms with Gasteiger partial charge in [0.25, 0.3) is 0 Å². The number of carbonyl (C=O) groups is 1. The molecule has 168 valence electrons. The zero-order valence-electron chi connectivity index (χ0n) is 15.7. The smallest absolute Gasteiger partial charge is 0.355 e. The number of alkyl halides is 6. The molecule has 2 aromatic carbocycles. The highest BCUT2D eigenvalue weighted by atomic mass is 32.2. The molecule has 1 amide bonds. The van der Waals surface area contributed by atoms with Gasteiger partial charge in [0.05, 0.1) is 22.1 Å². The molecule has 0 spiro atoms. The van der Waals surface area contributed by atoms with Crippen LogP contribution < -0.4 is 5.32 Å². The summed E-state index contributed by atoms with van der Waals surface area (Å²) >= 11 is 0. The fourth-order valence-corrected chi connectivity index (χ4v) is 4.95. The highest BCUT2D eigenvalue weighted by Gasteiger charge is 2.41. The number of hydrogen-bond donors (Lipinski definition) is 1. The fraction of sp³-hybridized carbons (Fsp3) is 0.316. The Labute approximate surface area is 173 Å². The lowest BCUT2D eigenvalue weighted by Crippen LogP contribution is -2.36. The minimum Gasteiger partial charge on any atom is -0.355 e. The molecular weight excluding hydrogens is 450 g/mol. The second-order valence-electron chi connectivity index (χ2n) is 6.84. The van der Waals surface area contributed by atoms with E-state index < -0.39 is 50.3 Å². The van der Waals surface area contributed by atoms with Crippen molar-refractivity contribution in [1.82, 2.24) is 9.62 Å². The van der Waals surface area contributed by atoms with Crippen molar-refractivity contribution in [3.8, 4) is 0 Å². The van der Waals surface area contributed by atoms with Gasteiger partial charge in [0.1, 0.15) is 0 Å². The molecular formula is C19H16F6N2O3S. The van der Waals surface area contributed by atoms with E-state index in [0.717, 1.165) is 4.31 Å². The summed E-state index contributed by atoms with van der Waals surface area (Å²) in [6.07, 6.45) is -10.7. The number of sulfonamides is 1. The van der Waals surface area contributed by atoms with Gasteiger partial charge in [-0.15, -0.1) is 0 Å². The average molecular weight is 466 g/mol. The van der Waals surface area contributed by atoms with Crippen LogP contribution >= 0.6 is 0 Å². The first-order chi connectivity index (χ1) is 14.3. The molecule has 0 aromatic heterocycles. The summed E-state index contributed by atoms with van der Waals surface area (Å²) in [5.74, 6) is -0.494. The van der Waals surface area contributed by atoms with E-state index in [1.807, 2.05) is 0 Å². The Hall–Kier alpha value is -2.60. The number of rotatable bonds is 3. The molecule has 12 heteroatoms. The van der Waals surface area contributed by atoms with Crippen molar-refractivity contribution < 1.29 is 39.6 Å². The lowest BCUT2D eigenvalue weighted by atomic mass is 10.0. The quantitative estimate of drug-likeness (QED) is 0.697. The van der Waals surface area contributed by atoms with Crippen LogP contribution in [0.15, 0.2) is 53.4 Å². The molecule has 1 aliphatic rings. The standard InChI is InChI=1S/C19H16F6N2O3S/c20-18(21,22)13-8-14(19(23,24)25)10-15(9-13)31(29,30)27-7-6-26-17(28)11-16(27)12-4-2-1-3-5-12/h1-5,8-10,16H,6-7,11H2,(H,26,28)/t16-/m0/s1. The predicted molar refractivity (Wildman–Crippen MR) is 97.1 cm³/mol. The third-order valence-corrected chi connectivity index (χ3v) is 6.62. The van der Waals surface area contributed by atoms with Crippen molar-refractivity contribution in [1.29, 1.82) is 0 Å². The Morgan fingerprint density at radius 2 is 1.45 bits per heavy atom. The molecule has 1 N–H and O–H groups in total. The van der Waals surface area contributed by atoms with E-state index >= 15 is 0 Å². The summed E-state index contributed by atoms with van der Waals surface area (Å²) < 4.78 is 106. The van der Waals surface area contributed by atoms with Gasteiger partial charge in [-0.25, -0.2) is 8.42 Å². The molecule has 1 saturated heterocycles. The summed E-state index contributed by atoms with van der Waals surface area (Å²) in [6.45, 7) is -0.474. The third kappa shape index (κ3) is 5.01. The number of amides is 1. The van der Waals surface area contributed by atoms with Gasteiger partial charge in [-0.3, -0.25) is 4.79 Å².